The first-order chi connectivity index (χ1) is 13.2. The van der Waals surface area contributed by atoms with Gasteiger partial charge in [0.2, 0.25) is 5.91 Å². The number of carbonyl (C=O) groups excluding carboxylic acids is 1. The summed E-state index contributed by atoms with van der Waals surface area (Å²) in [6.45, 7) is 8.40. The number of aryl methyl sites for hydroxylation is 1. The van der Waals surface area contributed by atoms with Gasteiger partial charge in [0.1, 0.15) is 0 Å². The first kappa shape index (κ1) is 19.7. The Kier molecular flexibility index (Phi) is 7.10. The van der Waals surface area contributed by atoms with E-state index in [1.807, 2.05) is 0 Å². The first-order valence-corrected chi connectivity index (χ1v) is 10.2. The normalized spacial score (nSPS) is 18.9. The Hall–Kier alpha value is -2.08. The van der Waals surface area contributed by atoms with Crippen molar-refractivity contribution in [2.45, 2.75) is 32.7 Å². The molecule has 2 N–H and O–H groups in total. The van der Waals surface area contributed by atoms with E-state index in [0.29, 0.717) is 11.8 Å². The fourth-order valence-electron chi connectivity index (χ4n) is 3.65. The lowest BCUT2D eigenvalue weighted by atomic mass is 9.84. The number of piperazine rings is 1. The number of hydrogen-bond donors (Lipinski definition) is 2. The number of amides is 1. The van der Waals surface area contributed by atoms with Crippen LogP contribution in [0.4, 0.5) is 0 Å². The van der Waals surface area contributed by atoms with Crippen molar-refractivity contribution in [2.24, 2.45) is 10.9 Å². The SMILES string of the molecule is CN=C(NCCN1CCN(C(=O)C2CCC2)CC1)NCc1ccccc1C. The fourth-order valence-corrected chi connectivity index (χ4v) is 3.65. The Bertz CT molecular complexity index is 648. The van der Waals surface area contributed by atoms with Gasteiger partial charge in [0.25, 0.3) is 0 Å². The smallest absolute Gasteiger partial charge is 0.225 e. The molecule has 1 saturated carbocycles. The third-order valence-electron chi connectivity index (χ3n) is 5.79. The van der Waals surface area contributed by atoms with E-state index in [-0.39, 0.29) is 0 Å². The molecule has 0 radical (unpaired) electrons. The van der Waals surface area contributed by atoms with E-state index in [1.165, 1.54) is 17.5 Å². The summed E-state index contributed by atoms with van der Waals surface area (Å²) in [6, 6.07) is 8.39. The number of hydrogen-bond acceptors (Lipinski definition) is 3. The second-order valence-corrected chi connectivity index (χ2v) is 7.57. The predicted octanol–water partition coefficient (Wildman–Crippen LogP) is 1.60. The minimum atomic E-state index is 0.320. The molecule has 6 heteroatoms. The predicted molar refractivity (Wildman–Crippen MR) is 110 cm³/mol. The molecule has 0 unspecified atom stereocenters. The maximum absolute atomic E-state index is 12.3. The number of aliphatic imine (C=N–C) groups is 1. The summed E-state index contributed by atoms with van der Waals surface area (Å²) in [6.07, 6.45) is 3.41. The molecule has 1 aromatic rings. The topological polar surface area (TPSA) is 60.0 Å². The molecular weight excluding hydrogens is 338 g/mol. The molecule has 3 rings (SSSR count). The van der Waals surface area contributed by atoms with Crippen molar-refractivity contribution in [1.29, 1.82) is 0 Å². The van der Waals surface area contributed by atoms with Gasteiger partial charge in [-0.15, -0.1) is 0 Å². The van der Waals surface area contributed by atoms with Crippen LogP contribution in [-0.4, -0.2) is 68.0 Å². The summed E-state index contributed by atoms with van der Waals surface area (Å²) in [7, 11) is 1.80. The molecule has 1 heterocycles. The van der Waals surface area contributed by atoms with Crippen molar-refractivity contribution in [1.82, 2.24) is 20.4 Å². The average molecular weight is 372 g/mol. The van der Waals surface area contributed by atoms with Crippen LogP contribution in [0.3, 0.4) is 0 Å². The lowest BCUT2D eigenvalue weighted by Gasteiger charge is -2.38. The van der Waals surface area contributed by atoms with Crippen LogP contribution >= 0.6 is 0 Å². The van der Waals surface area contributed by atoms with Gasteiger partial charge in [-0.1, -0.05) is 30.7 Å². The Balaban J connectivity index is 1.33. The van der Waals surface area contributed by atoms with Gasteiger partial charge < -0.3 is 15.5 Å². The van der Waals surface area contributed by atoms with Gasteiger partial charge >= 0.3 is 0 Å². The molecule has 1 aliphatic heterocycles. The number of nitrogens with zero attached hydrogens (tertiary/aromatic N) is 3. The first-order valence-electron chi connectivity index (χ1n) is 10.2. The lowest BCUT2D eigenvalue weighted by molar-refractivity contribution is -0.139. The highest BCUT2D eigenvalue weighted by Gasteiger charge is 2.30. The number of nitrogens with one attached hydrogen (secondary N) is 2. The minimum Gasteiger partial charge on any atom is -0.355 e. The number of guanidine groups is 1. The molecule has 0 bridgehead atoms. The molecule has 1 saturated heterocycles. The molecule has 2 aliphatic rings. The number of benzene rings is 1. The summed E-state index contributed by atoms with van der Waals surface area (Å²) in [5.74, 6) is 1.54. The average Bonchev–Trinajstić information content (AvgIpc) is 2.64. The van der Waals surface area contributed by atoms with Gasteiger partial charge in [0.05, 0.1) is 0 Å². The van der Waals surface area contributed by atoms with E-state index in [0.717, 1.165) is 64.6 Å². The van der Waals surface area contributed by atoms with Crippen LogP contribution in [0.15, 0.2) is 29.3 Å². The Morgan fingerprint density at radius 1 is 1.15 bits per heavy atom. The molecule has 2 fully saturated rings. The van der Waals surface area contributed by atoms with Gasteiger partial charge in [-0.05, 0) is 30.9 Å². The number of rotatable bonds is 6. The number of carbonyl (C=O) groups is 1. The van der Waals surface area contributed by atoms with E-state index in [9.17, 15) is 4.79 Å². The van der Waals surface area contributed by atoms with Crippen molar-refractivity contribution >= 4 is 11.9 Å². The van der Waals surface area contributed by atoms with E-state index in [1.54, 1.807) is 7.05 Å². The van der Waals surface area contributed by atoms with E-state index < -0.39 is 0 Å². The zero-order valence-electron chi connectivity index (χ0n) is 16.7. The highest BCUT2D eigenvalue weighted by molar-refractivity contribution is 5.80. The van der Waals surface area contributed by atoms with Crippen LogP contribution in [0, 0.1) is 12.8 Å². The van der Waals surface area contributed by atoms with E-state index in [4.69, 9.17) is 0 Å². The van der Waals surface area contributed by atoms with Crippen LogP contribution in [0.1, 0.15) is 30.4 Å². The molecule has 0 atom stereocenters. The van der Waals surface area contributed by atoms with Gasteiger partial charge in [0, 0.05) is 58.8 Å². The largest absolute Gasteiger partial charge is 0.355 e. The standard InChI is InChI=1S/C21H33N5O/c1-17-6-3-4-7-19(17)16-24-21(22-2)23-10-11-25-12-14-26(15-13-25)20(27)18-8-5-9-18/h3-4,6-7,18H,5,8-16H2,1-2H3,(H2,22,23,24). The van der Waals surface area contributed by atoms with Gasteiger partial charge in [-0.25, -0.2) is 0 Å². The van der Waals surface area contributed by atoms with Crippen molar-refractivity contribution in [3.8, 4) is 0 Å². The van der Waals surface area contributed by atoms with Crippen molar-refractivity contribution < 1.29 is 4.79 Å². The van der Waals surface area contributed by atoms with Crippen molar-refractivity contribution in [3.63, 3.8) is 0 Å². The molecule has 1 aliphatic carbocycles. The molecule has 6 nitrogen and oxygen atoms in total. The Labute approximate surface area is 163 Å². The van der Waals surface area contributed by atoms with Crippen LogP contribution in [0.25, 0.3) is 0 Å². The molecule has 1 amide bonds. The summed E-state index contributed by atoms with van der Waals surface area (Å²) in [5.41, 5.74) is 2.57. The van der Waals surface area contributed by atoms with Crippen LogP contribution in [0.2, 0.25) is 0 Å². The summed E-state index contributed by atoms with van der Waals surface area (Å²) < 4.78 is 0. The molecule has 0 aromatic heterocycles. The van der Waals surface area contributed by atoms with Crippen molar-refractivity contribution in [3.05, 3.63) is 35.4 Å². The molecule has 27 heavy (non-hydrogen) atoms. The molecule has 148 valence electrons. The van der Waals surface area contributed by atoms with Gasteiger partial charge in [0.15, 0.2) is 5.96 Å². The summed E-state index contributed by atoms with van der Waals surface area (Å²) in [4.78, 5) is 21.1. The zero-order valence-corrected chi connectivity index (χ0v) is 16.7. The Morgan fingerprint density at radius 3 is 2.52 bits per heavy atom. The third-order valence-corrected chi connectivity index (χ3v) is 5.79. The lowest BCUT2D eigenvalue weighted by Crippen LogP contribution is -2.52. The third kappa shape index (κ3) is 5.45. The van der Waals surface area contributed by atoms with Crippen LogP contribution in [-0.2, 0) is 11.3 Å². The summed E-state index contributed by atoms with van der Waals surface area (Å²) in [5, 5.41) is 6.77. The van der Waals surface area contributed by atoms with Crippen LogP contribution in [0.5, 0.6) is 0 Å². The fraction of sp³-hybridized carbons (Fsp3) is 0.619. The highest BCUT2D eigenvalue weighted by Crippen LogP contribution is 2.28. The van der Waals surface area contributed by atoms with E-state index >= 15 is 0 Å². The quantitative estimate of drug-likeness (QED) is 0.589. The maximum Gasteiger partial charge on any atom is 0.225 e. The maximum atomic E-state index is 12.3. The van der Waals surface area contributed by atoms with E-state index in [2.05, 4.69) is 56.6 Å². The van der Waals surface area contributed by atoms with Gasteiger partial charge in [-0.2, -0.15) is 0 Å². The van der Waals surface area contributed by atoms with Crippen molar-refractivity contribution in [2.75, 3.05) is 46.3 Å². The van der Waals surface area contributed by atoms with Crippen LogP contribution < -0.4 is 10.6 Å². The Morgan fingerprint density at radius 2 is 1.89 bits per heavy atom. The minimum absolute atomic E-state index is 0.320. The zero-order chi connectivity index (χ0) is 19.1. The summed E-state index contributed by atoms with van der Waals surface area (Å²) >= 11 is 0. The van der Waals surface area contributed by atoms with Gasteiger partial charge in [-0.3, -0.25) is 14.7 Å². The monoisotopic (exact) mass is 371 g/mol. The highest BCUT2D eigenvalue weighted by atomic mass is 16.2. The molecule has 0 spiro atoms. The second kappa shape index (κ2) is 9.74. The molecule has 1 aromatic carbocycles. The second-order valence-electron chi connectivity index (χ2n) is 7.57. The molecular formula is C21H33N5O.